The number of carbonyl (C=O) groups is 2. The molecule has 0 saturated carbocycles. The minimum atomic E-state index is 0.0149. The van der Waals surface area contributed by atoms with Crippen LogP contribution in [0.4, 0.5) is 0 Å². The molecule has 0 atom stereocenters. The molecule has 1 aliphatic heterocycles. The molecule has 5 heteroatoms. The molecule has 0 N–H and O–H groups in total. The van der Waals surface area contributed by atoms with E-state index < -0.39 is 0 Å². The van der Waals surface area contributed by atoms with Crippen molar-refractivity contribution in [2.75, 3.05) is 26.2 Å². The molecule has 1 fully saturated rings. The Morgan fingerprint density at radius 1 is 1.35 bits per heavy atom. The summed E-state index contributed by atoms with van der Waals surface area (Å²) >= 11 is 0. The number of aryl methyl sites for hydroxylation is 1. The van der Waals surface area contributed by atoms with Crippen LogP contribution in [0.5, 0.6) is 0 Å². The lowest BCUT2D eigenvalue weighted by Gasteiger charge is -2.32. The molecular weight excluding hydrogens is 218 g/mol. The smallest absolute Gasteiger partial charge is 0.254 e. The summed E-state index contributed by atoms with van der Waals surface area (Å²) in [6.45, 7) is 4.28. The summed E-state index contributed by atoms with van der Waals surface area (Å²) in [6, 6.07) is 3.51. The Hall–Kier alpha value is -1.91. The minimum Gasteiger partial charge on any atom is -0.342 e. The summed E-state index contributed by atoms with van der Waals surface area (Å²) in [6.07, 6.45) is 2.47. The van der Waals surface area contributed by atoms with Crippen LogP contribution in [0.25, 0.3) is 0 Å². The van der Waals surface area contributed by atoms with Gasteiger partial charge in [0.05, 0.1) is 0 Å². The Bertz CT molecular complexity index is 426. The number of hydrogen-bond acceptors (Lipinski definition) is 3. The highest BCUT2D eigenvalue weighted by atomic mass is 16.2. The first kappa shape index (κ1) is 11.6. The Balaban J connectivity index is 2.04. The number of amides is 2. The molecule has 2 amide bonds. The van der Waals surface area contributed by atoms with Crippen LogP contribution in [0.1, 0.15) is 16.1 Å². The van der Waals surface area contributed by atoms with Crippen molar-refractivity contribution in [1.29, 1.82) is 0 Å². The van der Waals surface area contributed by atoms with E-state index in [0.29, 0.717) is 31.7 Å². The van der Waals surface area contributed by atoms with Gasteiger partial charge in [0.1, 0.15) is 0 Å². The van der Waals surface area contributed by atoms with E-state index in [1.165, 1.54) is 0 Å². The number of nitrogens with zero attached hydrogens (tertiary/aromatic N) is 3. The van der Waals surface area contributed by atoms with Gasteiger partial charge in [0.15, 0.2) is 0 Å². The third kappa shape index (κ3) is 2.61. The zero-order valence-corrected chi connectivity index (χ0v) is 9.80. The average molecular weight is 233 g/mol. The molecule has 0 aliphatic carbocycles. The Labute approximate surface area is 100 Å². The average Bonchev–Trinajstić information content (AvgIpc) is 2.38. The standard InChI is InChI=1S/C12H15N3O2/c1-10-8-11(2-3-13-10)12(17)15-6-4-14(9-16)5-7-15/h2-3,8-9H,4-7H2,1H3. The van der Waals surface area contributed by atoms with E-state index in [2.05, 4.69) is 4.98 Å². The van der Waals surface area contributed by atoms with Crippen LogP contribution >= 0.6 is 0 Å². The van der Waals surface area contributed by atoms with Crippen molar-refractivity contribution >= 4 is 12.3 Å². The topological polar surface area (TPSA) is 53.5 Å². The lowest BCUT2D eigenvalue weighted by Crippen LogP contribution is -2.48. The molecule has 1 saturated heterocycles. The maximum Gasteiger partial charge on any atom is 0.254 e. The zero-order chi connectivity index (χ0) is 12.3. The van der Waals surface area contributed by atoms with Gasteiger partial charge in [-0.25, -0.2) is 0 Å². The van der Waals surface area contributed by atoms with E-state index in [-0.39, 0.29) is 5.91 Å². The van der Waals surface area contributed by atoms with Crippen molar-refractivity contribution in [3.63, 3.8) is 0 Å². The van der Waals surface area contributed by atoms with E-state index in [1.54, 1.807) is 28.1 Å². The zero-order valence-electron chi connectivity index (χ0n) is 9.80. The highest BCUT2D eigenvalue weighted by Crippen LogP contribution is 2.08. The van der Waals surface area contributed by atoms with Crippen LogP contribution in [0.3, 0.4) is 0 Å². The van der Waals surface area contributed by atoms with Gasteiger partial charge in [-0.1, -0.05) is 0 Å². The highest BCUT2D eigenvalue weighted by Gasteiger charge is 2.21. The molecular formula is C12H15N3O2. The number of carbonyl (C=O) groups excluding carboxylic acids is 2. The number of hydrogen-bond donors (Lipinski definition) is 0. The van der Waals surface area contributed by atoms with Gasteiger partial charge in [-0.15, -0.1) is 0 Å². The lowest BCUT2D eigenvalue weighted by molar-refractivity contribution is -0.119. The first-order valence-corrected chi connectivity index (χ1v) is 5.62. The monoisotopic (exact) mass is 233 g/mol. The second-order valence-electron chi connectivity index (χ2n) is 4.12. The van der Waals surface area contributed by atoms with E-state index in [9.17, 15) is 9.59 Å². The second-order valence-corrected chi connectivity index (χ2v) is 4.12. The molecule has 2 heterocycles. The lowest BCUT2D eigenvalue weighted by atomic mass is 10.2. The Morgan fingerprint density at radius 3 is 2.65 bits per heavy atom. The molecule has 0 bridgehead atoms. The van der Waals surface area contributed by atoms with Crippen LogP contribution in [-0.4, -0.2) is 53.3 Å². The minimum absolute atomic E-state index is 0.0149. The molecule has 1 aromatic heterocycles. The summed E-state index contributed by atoms with van der Waals surface area (Å²) in [4.78, 5) is 30.2. The van der Waals surface area contributed by atoms with Gasteiger partial charge >= 0.3 is 0 Å². The first-order valence-electron chi connectivity index (χ1n) is 5.62. The molecule has 0 spiro atoms. The Kier molecular flexibility index (Phi) is 3.37. The van der Waals surface area contributed by atoms with Gasteiger partial charge in [0.25, 0.3) is 5.91 Å². The van der Waals surface area contributed by atoms with E-state index in [0.717, 1.165) is 12.1 Å². The molecule has 5 nitrogen and oxygen atoms in total. The van der Waals surface area contributed by atoms with E-state index in [1.807, 2.05) is 6.92 Å². The fourth-order valence-electron chi connectivity index (χ4n) is 1.89. The SMILES string of the molecule is Cc1cc(C(=O)N2CCN(C=O)CC2)ccn1. The molecule has 17 heavy (non-hydrogen) atoms. The van der Waals surface area contributed by atoms with Crippen molar-refractivity contribution in [3.05, 3.63) is 29.6 Å². The maximum atomic E-state index is 12.1. The van der Waals surface area contributed by atoms with Gasteiger partial charge < -0.3 is 9.80 Å². The number of piperazine rings is 1. The van der Waals surface area contributed by atoms with Crippen LogP contribution < -0.4 is 0 Å². The van der Waals surface area contributed by atoms with Crippen LogP contribution in [0.15, 0.2) is 18.3 Å². The summed E-state index contributed by atoms with van der Waals surface area (Å²) in [5, 5.41) is 0. The fraction of sp³-hybridized carbons (Fsp3) is 0.417. The third-order valence-corrected chi connectivity index (χ3v) is 2.89. The molecule has 1 aromatic rings. The first-order chi connectivity index (χ1) is 8.20. The third-order valence-electron chi connectivity index (χ3n) is 2.89. The molecule has 0 radical (unpaired) electrons. The van der Waals surface area contributed by atoms with E-state index >= 15 is 0 Å². The van der Waals surface area contributed by atoms with Gasteiger partial charge in [-0.05, 0) is 19.1 Å². The van der Waals surface area contributed by atoms with Gasteiger partial charge in [0.2, 0.25) is 6.41 Å². The van der Waals surface area contributed by atoms with Crippen molar-refractivity contribution < 1.29 is 9.59 Å². The molecule has 0 aromatic carbocycles. The fourth-order valence-corrected chi connectivity index (χ4v) is 1.89. The molecule has 1 aliphatic rings. The van der Waals surface area contributed by atoms with Crippen molar-refractivity contribution in [1.82, 2.24) is 14.8 Å². The number of aromatic nitrogens is 1. The molecule has 0 unspecified atom stereocenters. The van der Waals surface area contributed by atoms with E-state index in [4.69, 9.17) is 0 Å². The second kappa shape index (κ2) is 4.95. The predicted molar refractivity (Wildman–Crippen MR) is 62.5 cm³/mol. The number of pyridine rings is 1. The van der Waals surface area contributed by atoms with Crippen molar-refractivity contribution in [2.24, 2.45) is 0 Å². The van der Waals surface area contributed by atoms with Crippen LogP contribution in [0.2, 0.25) is 0 Å². The number of rotatable bonds is 2. The molecule has 90 valence electrons. The summed E-state index contributed by atoms with van der Waals surface area (Å²) in [5.74, 6) is 0.0149. The quantitative estimate of drug-likeness (QED) is 0.691. The Morgan fingerprint density at radius 2 is 2.06 bits per heavy atom. The van der Waals surface area contributed by atoms with Crippen molar-refractivity contribution in [3.8, 4) is 0 Å². The van der Waals surface area contributed by atoms with Crippen molar-refractivity contribution in [2.45, 2.75) is 6.92 Å². The van der Waals surface area contributed by atoms with Crippen LogP contribution in [-0.2, 0) is 4.79 Å². The van der Waals surface area contributed by atoms with Gasteiger partial charge in [0, 0.05) is 43.6 Å². The largest absolute Gasteiger partial charge is 0.342 e. The maximum absolute atomic E-state index is 12.1. The summed E-state index contributed by atoms with van der Waals surface area (Å²) in [7, 11) is 0. The van der Waals surface area contributed by atoms with Crippen LogP contribution in [0, 0.1) is 6.92 Å². The molecule has 2 rings (SSSR count). The normalized spacial score (nSPS) is 15.8. The van der Waals surface area contributed by atoms with Gasteiger partial charge in [-0.3, -0.25) is 14.6 Å². The summed E-state index contributed by atoms with van der Waals surface area (Å²) in [5.41, 5.74) is 1.50. The van der Waals surface area contributed by atoms with Gasteiger partial charge in [-0.2, -0.15) is 0 Å². The summed E-state index contributed by atoms with van der Waals surface area (Å²) < 4.78 is 0. The highest BCUT2D eigenvalue weighted by molar-refractivity contribution is 5.94. The predicted octanol–water partition coefficient (Wildman–Crippen LogP) is 0.304.